The van der Waals surface area contributed by atoms with Gasteiger partial charge in [0.2, 0.25) is 0 Å². The van der Waals surface area contributed by atoms with E-state index >= 15 is 0 Å². The Labute approximate surface area is 81.7 Å². The van der Waals surface area contributed by atoms with E-state index in [2.05, 4.69) is 34.6 Å². The normalized spacial score (nSPS) is 13.5. The van der Waals surface area contributed by atoms with E-state index in [0.717, 1.165) is 17.8 Å². The fraction of sp³-hybridized carbons (Fsp3) is 0.800. The minimum atomic E-state index is 0.298. The number of hydrogen-bond donors (Lipinski definition) is 2. The van der Waals surface area contributed by atoms with Crippen molar-refractivity contribution in [2.75, 3.05) is 0 Å². The maximum atomic E-state index is 5.97. The molecule has 3 nitrogen and oxygen atoms in total. The average Bonchev–Trinajstić information content (AvgIpc) is 2.04. The zero-order valence-electron chi connectivity index (χ0n) is 9.46. The molecule has 0 amide bonds. The number of allylic oxidation sites excluding steroid dienone is 2. The van der Waals surface area contributed by atoms with Gasteiger partial charge in [-0.1, -0.05) is 20.8 Å². The van der Waals surface area contributed by atoms with Gasteiger partial charge in [0.05, 0.1) is 0 Å². The van der Waals surface area contributed by atoms with E-state index in [0.29, 0.717) is 12.0 Å². The Morgan fingerprint density at radius 3 is 1.92 bits per heavy atom. The van der Waals surface area contributed by atoms with Crippen molar-refractivity contribution >= 4 is 0 Å². The number of rotatable bonds is 4. The summed E-state index contributed by atoms with van der Waals surface area (Å²) in [6, 6.07) is 0.298. The van der Waals surface area contributed by atoms with E-state index in [9.17, 15) is 0 Å². The van der Waals surface area contributed by atoms with E-state index in [4.69, 9.17) is 11.6 Å². The molecule has 0 unspecified atom stereocenters. The summed E-state index contributed by atoms with van der Waals surface area (Å²) in [6.07, 6.45) is 0.888. The van der Waals surface area contributed by atoms with Crippen molar-refractivity contribution in [3.8, 4) is 0 Å². The number of nitrogens with two attached hydrogens (primary N) is 2. The Kier molecular flexibility index (Phi) is 4.85. The number of nitrogens with zero attached hydrogens (tertiary/aromatic N) is 1. The number of hydrogen-bond acceptors (Lipinski definition) is 3. The highest BCUT2D eigenvalue weighted by molar-refractivity contribution is 5.11. The maximum absolute atomic E-state index is 5.97. The quantitative estimate of drug-likeness (QED) is 0.519. The van der Waals surface area contributed by atoms with Crippen LogP contribution < -0.4 is 11.6 Å². The predicted octanol–water partition coefficient (Wildman–Crippen LogP) is 1.81. The second-order valence-corrected chi connectivity index (χ2v) is 3.91. The molecule has 0 rings (SSSR count). The molecule has 78 valence electrons. The van der Waals surface area contributed by atoms with Crippen LogP contribution in [0.1, 0.15) is 41.0 Å². The third-order valence-corrected chi connectivity index (χ3v) is 2.16. The Hall–Kier alpha value is -0.700. The highest BCUT2D eigenvalue weighted by Crippen LogP contribution is 2.15. The lowest BCUT2D eigenvalue weighted by Crippen LogP contribution is -2.38. The van der Waals surface area contributed by atoms with Crippen LogP contribution in [0.4, 0.5) is 0 Å². The van der Waals surface area contributed by atoms with E-state index in [1.807, 2.05) is 0 Å². The summed E-state index contributed by atoms with van der Waals surface area (Å²) in [7, 11) is 0. The van der Waals surface area contributed by atoms with Gasteiger partial charge in [-0.05, 0) is 26.2 Å². The van der Waals surface area contributed by atoms with Crippen molar-refractivity contribution in [1.82, 2.24) is 5.01 Å². The van der Waals surface area contributed by atoms with Gasteiger partial charge in [-0.25, -0.2) is 5.84 Å². The summed E-state index contributed by atoms with van der Waals surface area (Å²) in [5, 5.41) is 1.76. The second kappa shape index (κ2) is 5.12. The molecule has 0 radical (unpaired) electrons. The van der Waals surface area contributed by atoms with Crippen molar-refractivity contribution in [3.63, 3.8) is 0 Å². The van der Waals surface area contributed by atoms with Gasteiger partial charge >= 0.3 is 0 Å². The van der Waals surface area contributed by atoms with E-state index in [1.54, 1.807) is 5.01 Å². The standard InChI is InChI=1S/C10H23N3/c1-6-9(10(11)7(2)3)13(12)8(4)5/h7-8H,6,11-12H2,1-5H3/b10-9-. The first-order valence-electron chi connectivity index (χ1n) is 4.94. The smallest absolute Gasteiger partial charge is 0.0481 e. The number of hydrazine groups is 1. The van der Waals surface area contributed by atoms with Crippen LogP contribution in [0.3, 0.4) is 0 Å². The van der Waals surface area contributed by atoms with Crippen LogP contribution in [0.2, 0.25) is 0 Å². The minimum absolute atomic E-state index is 0.298. The van der Waals surface area contributed by atoms with Gasteiger partial charge in [0, 0.05) is 17.4 Å². The molecule has 0 aliphatic rings. The molecular formula is C10H23N3. The Morgan fingerprint density at radius 2 is 1.69 bits per heavy atom. The first-order chi connectivity index (χ1) is 5.91. The molecule has 0 aliphatic heterocycles. The molecular weight excluding hydrogens is 162 g/mol. The fourth-order valence-electron chi connectivity index (χ4n) is 1.18. The van der Waals surface area contributed by atoms with Crippen LogP contribution in [0.25, 0.3) is 0 Å². The van der Waals surface area contributed by atoms with E-state index in [1.165, 1.54) is 0 Å². The molecule has 4 N–H and O–H groups in total. The molecule has 0 saturated heterocycles. The highest BCUT2D eigenvalue weighted by atomic mass is 15.4. The predicted molar refractivity (Wildman–Crippen MR) is 57.5 cm³/mol. The molecule has 0 heterocycles. The third-order valence-electron chi connectivity index (χ3n) is 2.16. The van der Waals surface area contributed by atoms with Crippen LogP contribution >= 0.6 is 0 Å². The van der Waals surface area contributed by atoms with Crippen molar-refractivity contribution < 1.29 is 0 Å². The van der Waals surface area contributed by atoms with Crippen LogP contribution in [-0.2, 0) is 0 Å². The van der Waals surface area contributed by atoms with Crippen molar-refractivity contribution in [2.24, 2.45) is 17.5 Å². The van der Waals surface area contributed by atoms with Gasteiger partial charge in [0.25, 0.3) is 0 Å². The third kappa shape index (κ3) is 3.27. The Bertz CT molecular complexity index is 183. The molecule has 0 fully saturated rings. The van der Waals surface area contributed by atoms with Gasteiger partial charge in [-0.15, -0.1) is 0 Å². The Balaban J connectivity index is 4.76. The molecule has 0 bridgehead atoms. The van der Waals surface area contributed by atoms with Crippen molar-refractivity contribution in [2.45, 2.75) is 47.1 Å². The zero-order chi connectivity index (χ0) is 10.6. The van der Waals surface area contributed by atoms with E-state index in [-0.39, 0.29) is 0 Å². The molecule has 3 heteroatoms. The van der Waals surface area contributed by atoms with Gasteiger partial charge < -0.3 is 10.7 Å². The lowest BCUT2D eigenvalue weighted by molar-refractivity contribution is 0.279. The van der Waals surface area contributed by atoms with E-state index < -0.39 is 0 Å². The molecule has 0 aromatic carbocycles. The largest absolute Gasteiger partial charge is 0.400 e. The SMILES string of the molecule is CC/C(=C(/N)C(C)C)N(N)C(C)C. The molecule has 0 aliphatic carbocycles. The lowest BCUT2D eigenvalue weighted by atomic mass is 10.1. The monoisotopic (exact) mass is 185 g/mol. The van der Waals surface area contributed by atoms with Crippen LogP contribution in [-0.4, -0.2) is 11.1 Å². The second-order valence-electron chi connectivity index (χ2n) is 3.91. The van der Waals surface area contributed by atoms with Gasteiger partial charge in [-0.2, -0.15) is 0 Å². The summed E-state index contributed by atoms with van der Waals surface area (Å²) in [5.74, 6) is 6.27. The first kappa shape index (κ1) is 12.3. The van der Waals surface area contributed by atoms with Crippen molar-refractivity contribution in [3.05, 3.63) is 11.4 Å². The van der Waals surface area contributed by atoms with Crippen LogP contribution in [0.5, 0.6) is 0 Å². The zero-order valence-corrected chi connectivity index (χ0v) is 9.46. The average molecular weight is 185 g/mol. The molecule has 0 saturated carbocycles. The molecule has 0 spiro atoms. The molecule has 0 aromatic rings. The van der Waals surface area contributed by atoms with Gasteiger partial charge in [-0.3, -0.25) is 0 Å². The maximum Gasteiger partial charge on any atom is 0.0481 e. The first-order valence-corrected chi connectivity index (χ1v) is 4.94. The fourth-order valence-corrected chi connectivity index (χ4v) is 1.18. The lowest BCUT2D eigenvalue weighted by Gasteiger charge is -2.28. The molecule has 0 atom stereocenters. The molecule has 13 heavy (non-hydrogen) atoms. The summed E-state index contributed by atoms with van der Waals surface area (Å²) in [5.41, 5.74) is 7.93. The van der Waals surface area contributed by atoms with Gasteiger partial charge in [0.15, 0.2) is 0 Å². The minimum Gasteiger partial charge on any atom is -0.400 e. The summed E-state index contributed by atoms with van der Waals surface area (Å²) in [4.78, 5) is 0. The highest BCUT2D eigenvalue weighted by Gasteiger charge is 2.12. The molecule has 0 aromatic heterocycles. The van der Waals surface area contributed by atoms with Crippen LogP contribution in [0.15, 0.2) is 11.4 Å². The van der Waals surface area contributed by atoms with Gasteiger partial charge in [0.1, 0.15) is 0 Å². The van der Waals surface area contributed by atoms with Crippen LogP contribution in [0, 0.1) is 5.92 Å². The summed E-state index contributed by atoms with van der Waals surface area (Å²) in [6.45, 7) is 10.4. The Morgan fingerprint density at radius 1 is 1.23 bits per heavy atom. The topological polar surface area (TPSA) is 55.3 Å². The summed E-state index contributed by atoms with van der Waals surface area (Å²) < 4.78 is 0. The summed E-state index contributed by atoms with van der Waals surface area (Å²) >= 11 is 0. The van der Waals surface area contributed by atoms with Crippen molar-refractivity contribution in [1.29, 1.82) is 0 Å².